The van der Waals surface area contributed by atoms with Crippen molar-refractivity contribution in [1.29, 1.82) is 0 Å². The van der Waals surface area contributed by atoms with Crippen molar-refractivity contribution in [3.8, 4) is 0 Å². The number of hydrogen-bond donors (Lipinski definition) is 1. The van der Waals surface area contributed by atoms with Gasteiger partial charge in [-0.1, -0.05) is 6.42 Å². The van der Waals surface area contributed by atoms with Crippen molar-refractivity contribution in [2.24, 2.45) is 10.5 Å². The fourth-order valence-electron chi connectivity index (χ4n) is 2.89. The van der Waals surface area contributed by atoms with Gasteiger partial charge >= 0.3 is 11.7 Å². The minimum Gasteiger partial charge on any atom is -0.465 e. The minimum absolute atomic E-state index is 0.0184. The minimum atomic E-state index is -0.892. The number of hydrazone groups is 1. The van der Waals surface area contributed by atoms with Crippen molar-refractivity contribution in [2.75, 3.05) is 12.0 Å². The summed E-state index contributed by atoms with van der Waals surface area (Å²) in [5.41, 5.74) is 1.43. The van der Waals surface area contributed by atoms with Crippen LogP contribution in [-0.4, -0.2) is 28.1 Å². The quantitative estimate of drug-likeness (QED) is 0.464. The molecule has 1 aliphatic rings. The third kappa shape index (κ3) is 3.95. The number of nitro benzene ring substituents is 2. The molecule has 0 spiro atoms. The van der Waals surface area contributed by atoms with E-state index >= 15 is 0 Å². The van der Waals surface area contributed by atoms with Crippen LogP contribution in [0.5, 0.6) is 0 Å². The SMILES string of the molecule is CCOC(=O)C1(C)CCCCC1=NNc1ccc([N+](=O)[O-])cc1[N+](=O)[O-]. The van der Waals surface area contributed by atoms with E-state index in [-0.39, 0.29) is 24.0 Å². The molecule has 0 aliphatic heterocycles. The maximum Gasteiger partial charge on any atom is 0.317 e. The first-order valence-electron chi connectivity index (χ1n) is 8.22. The molecule has 1 aromatic rings. The Kier molecular flexibility index (Phi) is 5.86. The van der Waals surface area contributed by atoms with E-state index in [1.165, 1.54) is 6.07 Å². The van der Waals surface area contributed by atoms with E-state index < -0.39 is 20.9 Å². The lowest BCUT2D eigenvalue weighted by Gasteiger charge is -2.32. The van der Waals surface area contributed by atoms with E-state index in [0.717, 1.165) is 25.0 Å². The number of anilines is 1. The second-order valence-corrected chi connectivity index (χ2v) is 6.15. The van der Waals surface area contributed by atoms with Gasteiger partial charge in [0.2, 0.25) is 0 Å². The molecule has 1 N–H and O–H groups in total. The Morgan fingerprint density at radius 1 is 1.31 bits per heavy atom. The third-order valence-corrected chi connectivity index (χ3v) is 4.40. The van der Waals surface area contributed by atoms with Crippen LogP contribution in [0.4, 0.5) is 17.1 Å². The summed E-state index contributed by atoms with van der Waals surface area (Å²) in [5, 5.41) is 26.2. The average Bonchev–Trinajstić information content (AvgIpc) is 2.60. The normalized spacial score (nSPS) is 21.2. The maximum absolute atomic E-state index is 12.3. The first-order chi connectivity index (χ1) is 12.3. The summed E-state index contributed by atoms with van der Waals surface area (Å²) < 4.78 is 5.14. The standard InChI is InChI=1S/C16H20N4O6/c1-3-26-15(21)16(2)9-5-4-6-14(16)18-17-12-8-7-11(19(22)23)10-13(12)20(24)25/h7-8,10,17H,3-6,9H2,1-2H3. The van der Waals surface area contributed by atoms with Crippen LogP contribution in [0, 0.1) is 25.6 Å². The van der Waals surface area contributed by atoms with Gasteiger partial charge < -0.3 is 4.74 Å². The van der Waals surface area contributed by atoms with Crippen molar-refractivity contribution >= 4 is 28.7 Å². The van der Waals surface area contributed by atoms with Crippen molar-refractivity contribution in [1.82, 2.24) is 0 Å². The van der Waals surface area contributed by atoms with Gasteiger partial charge in [-0.2, -0.15) is 5.10 Å². The molecule has 1 aromatic carbocycles. The summed E-state index contributed by atoms with van der Waals surface area (Å²) in [6, 6.07) is 3.25. The number of nitrogens with zero attached hydrogens (tertiary/aromatic N) is 3. The number of rotatable bonds is 6. The van der Waals surface area contributed by atoms with E-state index in [9.17, 15) is 25.0 Å². The molecule has 2 rings (SSSR count). The summed E-state index contributed by atoms with van der Waals surface area (Å²) in [6.07, 6.45) is 2.83. The van der Waals surface area contributed by atoms with Crippen LogP contribution in [0.1, 0.15) is 39.5 Å². The van der Waals surface area contributed by atoms with Gasteiger partial charge in [-0.15, -0.1) is 0 Å². The fourth-order valence-corrected chi connectivity index (χ4v) is 2.89. The molecular formula is C16H20N4O6. The molecule has 140 valence electrons. The summed E-state index contributed by atoms with van der Waals surface area (Å²) in [7, 11) is 0. The molecule has 0 saturated heterocycles. The van der Waals surface area contributed by atoms with Gasteiger partial charge in [-0.05, 0) is 39.2 Å². The molecule has 0 radical (unpaired) electrons. The number of esters is 1. The summed E-state index contributed by atoms with van der Waals surface area (Å²) in [6.45, 7) is 3.72. The zero-order valence-corrected chi connectivity index (χ0v) is 14.6. The van der Waals surface area contributed by atoms with Crippen LogP contribution < -0.4 is 5.43 Å². The number of non-ortho nitro benzene ring substituents is 1. The molecular weight excluding hydrogens is 344 g/mol. The Morgan fingerprint density at radius 2 is 2.04 bits per heavy atom. The second kappa shape index (κ2) is 7.89. The zero-order valence-electron chi connectivity index (χ0n) is 14.6. The van der Waals surface area contributed by atoms with Gasteiger partial charge in [0.1, 0.15) is 11.1 Å². The largest absolute Gasteiger partial charge is 0.465 e. The van der Waals surface area contributed by atoms with Crippen molar-refractivity contribution in [3.63, 3.8) is 0 Å². The van der Waals surface area contributed by atoms with E-state index in [1.54, 1.807) is 13.8 Å². The molecule has 0 heterocycles. The first kappa shape index (κ1) is 19.3. The molecule has 1 saturated carbocycles. The molecule has 1 fully saturated rings. The number of nitro groups is 2. The van der Waals surface area contributed by atoms with Gasteiger partial charge in [0.25, 0.3) is 5.69 Å². The third-order valence-electron chi connectivity index (χ3n) is 4.40. The highest BCUT2D eigenvalue weighted by Gasteiger charge is 2.42. The number of hydrogen-bond acceptors (Lipinski definition) is 8. The first-order valence-corrected chi connectivity index (χ1v) is 8.22. The Hall–Kier alpha value is -3.04. The zero-order chi connectivity index (χ0) is 19.3. The lowest BCUT2D eigenvalue weighted by Crippen LogP contribution is -2.40. The van der Waals surface area contributed by atoms with Gasteiger partial charge in [0.05, 0.1) is 28.2 Å². The molecule has 1 aliphatic carbocycles. The molecule has 26 heavy (non-hydrogen) atoms. The number of benzene rings is 1. The van der Waals surface area contributed by atoms with Gasteiger partial charge in [-0.3, -0.25) is 30.4 Å². The van der Waals surface area contributed by atoms with Crippen molar-refractivity contribution < 1.29 is 19.4 Å². The van der Waals surface area contributed by atoms with Gasteiger partial charge in [0.15, 0.2) is 0 Å². The van der Waals surface area contributed by atoms with Crippen LogP contribution >= 0.6 is 0 Å². The van der Waals surface area contributed by atoms with Gasteiger partial charge in [0, 0.05) is 6.07 Å². The Morgan fingerprint density at radius 3 is 2.65 bits per heavy atom. The summed E-state index contributed by atoms with van der Waals surface area (Å²) >= 11 is 0. The molecule has 1 atom stereocenters. The van der Waals surface area contributed by atoms with Crippen LogP contribution in [0.15, 0.2) is 23.3 Å². The van der Waals surface area contributed by atoms with Crippen LogP contribution in [0.2, 0.25) is 0 Å². The molecule has 0 amide bonds. The Labute approximate surface area is 149 Å². The Bertz CT molecular complexity index is 763. The smallest absolute Gasteiger partial charge is 0.317 e. The van der Waals surface area contributed by atoms with Crippen LogP contribution in [0.3, 0.4) is 0 Å². The van der Waals surface area contributed by atoms with E-state index in [1.807, 2.05) is 0 Å². The highest BCUT2D eigenvalue weighted by molar-refractivity contribution is 6.07. The topological polar surface area (TPSA) is 137 Å². The molecule has 0 bridgehead atoms. The van der Waals surface area contributed by atoms with Crippen molar-refractivity contribution in [2.45, 2.75) is 39.5 Å². The van der Waals surface area contributed by atoms with E-state index in [0.29, 0.717) is 18.6 Å². The van der Waals surface area contributed by atoms with Gasteiger partial charge in [-0.25, -0.2) is 0 Å². The number of carbonyl (C=O) groups is 1. The summed E-state index contributed by atoms with van der Waals surface area (Å²) in [5.74, 6) is -0.376. The van der Waals surface area contributed by atoms with E-state index in [4.69, 9.17) is 4.74 Å². The predicted molar refractivity (Wildman–Crippen MR) is 94.0 cm³/mol. The van der Waals surface area contributed by atoms with Crippen LogP contribution in [0.25, 0.3) is 0 Å². The number of carbonyl (C=O) groups excluding carboxylic acids is 1. The number of ether oxygens (including phenoxy) is 1. The highest BCUT2D eigenvalue weighted by Crippen LogP contribution is 2.36. The van der Waals surface area contributed by atoms with Crippen molar-refractivity contribution in [3.05, 3.63) is 38.4 Å². The Balaban J connectivity index is 2.33. The lowest BCUT2D eigenvalue weighted by atomic mass is 9.74. The molecule has 0 aromatic heterocycles. The molecule has 10 nitrogen and oxygen atoms in total. The average molecular weight is 364 g/mol. The lowest BCUT2D eigenvalue weighted by molar-refractivity contribution is -0.393. The fraction of sp³-hybridized carbons (Fsp3) is 0.500. The maximum atomic E-state index is 12.3. The molecule has 10 heteroatoms. The number of nitrogens with one attached hydrogen (secondary N) is 1. The monoisotopic (exact) mass is 364 g/mol. The van der Waals surface area contributed by atoms with E-state index in [2.05, 4.69) is 10.5 Å². The predicted octanol–water partition coefficient (Wildman–Crippen LogP) is 3.41. The second-order valence-electron chi connectivity index (χ2n) is 6.15. The van der Waals surface area contributed by atoms with Crippen LogP contribution in [-0.2, 0) is 9.53 Å². The summed E-state index contributed by atoms with van der Waals surface area (Å²) in [4.78, 5) is 32.9. The molecule has 1 unspecified atom stereocenters. The highest BCUT2D eigenvalue weighted by atomic mass is 16.6.